The van der Waals surface area contributed by atoms with Crippen molar-refractivity contribution in [1.29, 1.82) is 0 Å². The molecule has 1 atom stereocenters. The van der Waals surface area contributed by atoms with Gasteiger partial charge in [-0.3, -0.25) is 9.69 Å². The largest absolute Gasteiger partial charge is 0.494 e. The van der Waals surface area contributed by atoms with Crippen LogP contribution in [0.5, 0.6) is 5.75 Å². The van der Waals surface area contributed by atoms with Crippen LogP contribution >= 0.6 is 0 Å². The second-order valence-electron chi connectivity index (χ2n) is 4.36. The molecule has 0 aliphatic rings. The fourth-order valence-electron chi connectivity index (χ4n) is 2.15. The maximum atomic E-state index is 11.4. The lowest BCUT2D eigenvalue weighted by Gasteiger charge is -2.26. The number of carboxylic acid groups (broad SMARTS) is 1. The first kappa shape index (κ1) is 15.5. The van der Waals surface area contributed by atoms with Gasteiger partial charge in [0.05, 0.1) is 6.61 Å². The summed E-state index contributed by atoms with van der Waals surface area (Å²) in [5, 5.41) is 9.34. The second-order valence-corrected chi connectivity index (χ2v) is 4.36. The minimum Gasteiger partial charge on any atom is -0.494 e. The molecule has 0 unspecified atom stereocenters. The summed E-state index contributed by atoms with van der Waals surface area (Å²) in [6, 6.07) is 7.18. The van der Waals surface area contributed by atoms with Gasteiger partial charge in [0.15, 0.2) is 0 Å². The molecule has 4 nitrogen and oxygen atoms in total. The normalized spacial score (nSPS) is 12.4. The van der Waals surface area contributed by atoms with Crippen LogP contribution in [0.15, 0.2) is 24.3 Å². The van der Waals surface area contributed by atoms with Crippen molar-refractivity contribution in [1.82, 2.24) is 4.90 Å². The number of ether oxygens (including phenoxy) is 1. The molecule has 0 aliphatic heterocycles. The van der Waals surface area contributed by atoms with Crippen molar-refractivity contribution in [3.8, 4) is 5.75 Å². The molecular formula is C15H23NO3. The maximum Gasteiger partial charge on any atom is 0.321 e. The van der Waals surface area contributed by atoms with Crippen molar-refractivity contribution >= 4 is 5.97 Å². The molecule has 19 heavy (non-hydrogen) atoms. The van der Waals surface area contributed by atoms with Crippen LogP contribution < -0.4 is 4.74 Å². The van der Waals surface area contributed by atoms with E-state index in [9.17, 15) is 9.90 Å². The van der Waals surface area contributed by atoms with Gasteiger partial charge in [0.25, 0.3) is 0 Å². The third-order valence-corrected chi connectivity index (χ3v) is 3.20. The van der Waals surface area contributed by atoms with E-state index in [-0.39, 0.29) is 0 Å². The summed E-state index contributed by atoms with van der Waals surface area (Å²) in [6.45, 7) is 8.02. The highest BCUT2D eigenvalue weighted by Gasteiger charge is 2.23. The Morgan fingerprint density at radius 1 is 1.21 bits per heavy atom. The SMILES string of the molecule is CCOc1ccc(C[C@@H](C(=O)O)N(CC)CC)cc1. The topological polar surface area (TPSA) is 49.8 Å². The van der Waals surface area contributed by atoms with Crippen molar-refractivity contribution in [2.75, 3.05) is 19.7 Å². The van der Waals surface area contributed by atoms with Crippen molar-refractivity contribution in [3.63, 3.8) is 0 Å². The fourth-order valence-corrected chi connectivity index (χ4v) is 2.15. The van der Waals surface area contributed by atoms with Gasteiger partial charge in [-0.15, -0.1) is 0 Å². The predicted molar refractivity (Wildman–Crippen MR) is 75.7 cm³/mol. The summed E-state index contributed by atoms with van der Waals surface area (Å²) in [5.41, 5.74) is 1.02. The fraction of sp³-hybridized carbons (Fsp3) is 0.533. The number of hydrogen-bond donors (Lipinski definition) is 1. The van der Waals surface area contributed by atoms with Gasteiger partial charge < -0.3 is 9.84 Å². The van der Waals surface area contributed by atoms with E-state index in [1.807, 2.05) is 49.9 Å². The van der Waals surface area contributed by atoms with Gasteiger partial charge in [0.1, 0.15) is 11.8 Å². The van der Waals surface area contributed by atoms with Crippen LogP contribution in [-0.4, -0.2) is 41.7 Å². The van der Waals surface area contributed by atoms with Gasteiger partial charge in [0, 0.05) is 0 Å². The molecule has 4 heteroatoms. The molecule has 0 spiro atoms. The molecule has 0 saturated heterocycles. The Bertz CT molecular complexity index is 385. The highest BCUT2D eigenvalue weighted by Crippen LogP contribution is 2.15. The van der Waals surface area contributed by atoms with Gasteiger partial charge in [-0.25, -0.2) is 0 Å². The lowest BCUT2D eigenvalue weighted by Crippen LogP contribution is -2.42. The van der Waals surface area contributed by atoms with E-state index in [1.54, 1.807) is 0 Å². The van der Waals surface area contributed by atoms with Gasteiger partial charge in [0.2, 0.25) is 0 Å². The minimum absolute atomic E-state index is 0.465. The van der Waals surface area contributed by atoms with Crippen LogP contribution in [0, 0.1) is 0 Å². The number of rotatable bonds is 8. The molecule has 1 aromatic rings. The summed E-state index contributed by atoms with van der Waals surface area (Å²) in [4.78, 5) is 13.3. The Kier molecular flexibility index (Phi) is 6.36. The smallest absolute Gasteiger partial charge is 0.321 e. The summed E-state index contributed by atoms with van der Waals surface area (Å²) < 4.78 is 5.38. The van der Waals surface area contributed by atoms with E-state index in [0.29, 0.717) is 13.0 Å². The monoisotopic (exact) mass is 265 g/mol. The molecule has 0 saturated carbocycles. The molecule has 1 rings (SSSR count). The maximum absolute atomic E-state index is 11.4. The standard InChI is InChI=1S/C15H23NO3/c1-4-16(5-2)14(15(17)18)11-12-7-9-13(10-8-12)19-6-3/h7-10,14H,4-6,11H2,1-3H3,(H,17,18)/t14-/m0/s1. The molecule has 0 aliphatic carbocycles. The van der Waals surface area contributed by atoms with E-state index >= 15 is 0 Å². The summed E-state index contributed by atoms with van der Waals surface area (Å²) in [6.07, 6.45) is 0.517. The first-order valence-corrected chi connectivity index (χ1v) is 6.80. The third kappa shape index (κ3) is 4.56. The van der Waals surface area contributed by atoms with Crippen molar-refractivity contribution in [2.45, 2.75) is 33.2 Å². The molecule has 0 aromatic heterocycles. The Balaban J connectivity index is 2.76. The van der Waals surface area contributed by atoms with Crippen molar-refractivity contribution < 1.29 is 14.6 Å². The van der Waals surface area contributed by atoms with Crippen molar-refractivity contribution in [2.24, 2.45) is 0 Å². The molecular weight excluding hydrogens is 242 g/mol. The Hall–Kier alpha value is -1.55. The molecule has 0 amide bonds. The molecule has 1 N–H and O–H groups in total. The van der Waals surface area contributed by atoms with Crippen LogP contribution in [0.1, 0.15) is 26.3 Å². The molecule has 106 valence electrons. The number of benzene rings is 1. The number of hydrogen-bond acceptors (Lipinski definition) is 3. The molecule has 0 heterocycles. The second kappa shape index (κ2) is 7.79. The summed E-state index contributed by atoms with van der Waals surface area (Å²) >= 11 is 0. The van der Waals surface area contributed by atoms with E-state index in [2.05, 4.69) is 0 Å². The van der Waals surface area contributed by atoms with Crippen molar-refractivity contribution in [3.05, 3.63) is 29.8 Å². The van der Waals surface area contributed by atoms with Crippen LogP contribution in [0.25, 0.3) is 0 Å². The van der Waals surface area contributed by atoms with E-state index < -0.39 is 12.0 Å². The Labute approximate surface area is 115 Å². The van der Waals surface area contributed by atoms with Crippen LogP contribution in [0.4, 0.5) is 0 Å². The van der Waals surface area contributed by atoms with Gasteiger partial charge >= 0.3 is 5.97 Å². The average molecular weight is 265 g/mol. The van der Waals surface area contributed by atoms with Gasteiger partial charge in [-0.05, 0) is 44.1 Å². The zero-order valence-corrected chi connectivity index (χ0v) is 11.9. The Morgan fingerprint density at radius 2 is 1.79 bits per heavy atom. The number of carbonyl (C=O) groups is 1. The highest BCUT2D eigenvalue weighted by atomic mass is 16.5. The van der Waals surface area contributed by atoms with Crippen LogP contribution in [0.2, 0.25) is 0 Å². The lowest BCUT2D eigenvalue weighted by atomic mass is 10.0. The first-order valence-electron chi connectivity index (χ1n) is 6.80. The third-order valence-electron chi connectivity index (χ3n) is 3.20. The summed E-state index contributed by atoms with van der Waals surface area (Å²) in [7, 11) is 0. The molecule has 0 bridgehead atoms. The van der Waals surface area contributed by atoms with Gasteiger partial charge in [-0.2, -0.15) is 0 Å². The minimum atomic E-state index is -0.766. The quantitative estimate of drug-likeness (QED) is 0.784. The zero-order chi connectivity index (χ0) is 14.3. The van der Waals surface area contributed by atoms with E-state index in [1.165, 1.54) is 0 Å². The van der Waals surface area contributed by atoms with Crippen LogP contribution in [-0.2, 0) is 11.2 Å². The number of nitrogens with zero attached hydrogens (tertiary/aromatic N) is 1. The molecule has 1 aromatic carbocycles. The lowest BCUT2D eigenvalue weighted by molar-refractivity contribution is -0.143. The summed E-state index contributed by atoms with van der Waals surface area (Å²) in [5.74, 6) is 0.0542. The first-order chi connectivity index (χ1) is 9.12. The molecule has 0 fully saturated rings. The average Bonchev–Trinajstić information content (AvgIpc) is 2.41. The Morgan fingerprint density at radius 3 is 2.21 bits per heavy atom. The number of carboxylic acids is 1. The van der Waals surface area contributed by atoms with Crippen LogP contribution in [0.3, 0.4) is 0 Å². The zero-order valence-electron chi connectivity index (χ0n) is 11.9. The number of aliphatic carboxylic acids is 1. The molecule has 0 radical (unpaired) electrons. The number of likely N-dealkylation sites (N-methyl/N-ethyl adjacent to an activating group) is 1. The highest BCUT2D eigenvalue weighted by molar-refractivity contribution is 5.74. The van der Waals surface area contributed by atoms with E-state index in [0.717, 1.165) is 24.4 Å². The van der Waals surface area contributed by atoms with E-state index in [4.69, 9.17) is 4.74 Å². The predicted octanol–water partition coefficient (Wildman–Crippen LogP) is 2.42. The van der Waals surface area contributed by atoms with Gasteiger partial charge in [-0.1, -0.05) is 26.0 Å².